The zero-order chi connectivity index (χ0) is 16.2. The summed E-state index contributed by atoms with van der Waals surface area (Å²) in [6.07, 6.45) is -1.03. The normalized spacial score (nSPS) is 12.4. The molecule has 0 aromatic heterocycles. The van der Waals surface area contributed by atoms with Crippen molar-refractivity contribution in [2.45, 2.75) is 17.9 Å². The van der Waals surface area contributed by atoms with E-state index in [-0.39, 0.29) is 10.6 Å². The van der Waals surface area contributed by atoms with Crippen LogP contribution < -0.4 is 9.46 Å². The Balaban J connectivity index is 2.19. The summed E-state index contributed by atoms with van der Waals surface area (Å²) in [6, 6.07) is 14.1. The number of benzene rings is 2. The van der Waals surface area contributed by atoms with Gasteiger partial charge in [0.25, 0.3) is 10.0 Å². The number of carbonyl (C=O) groups is 1. The number of rotatable bonds is 6. The van der Waals surface area contributed by atoms with Gasteiger partial charge < -0.3 is 9.84 Å². The molecule has 0 spiro atoms. The number of carboxylic acids is 1. The van der Waals surface area contributed by atoms with E-state index in [0.717, 1.165) is 0 Å². The van der Waals surface area contributed by atoms with Crippen molar-refractivity contribution in [2.75, 3.05) is 4.72 Å². The second-order valence-corrected chi connectivity index (χ2v) is 6.23. The largest absolute Gasteiger partial charge is 0.479 e. The van der Waals surface area contributed by atoms with Gasteiger partial charge in [-0.2, -0.15) is 0 Å². The van der Waals surface area contributed by atoms with Gasteiger partial charge in [-0.05, 0) is 31.2 Å². The number of ether oxygens (including phenoxy) is 1. The van der Waals surface area contributed by atoms with Crippen molar-refractivity contribution in [1.29, 1.82) is 0 Å². The third-order valence-corrected chi connectivity index (χ3v) is 4.20. The summed E-state index contributed by atoms with van der Waals surface area (Å²) in [5.74, 6) is -0.835. The van der Waals surface area contributed by atoms with Gasteiger partial charge >= 0.3 is 5.97 Å². The first-order valence-corrected chi connectivity index (χ1v) is 7.94. The topological polar surface area (TPSA) is 92.7 Å². The fourth-order valence-corrected chi connectivity index (χ4v) is 2.77. The van der Waals surface area contributed by atoms with Crippen molar-refractivity contribution < 1.29 is 23.1 Å². The van der Waals surface area contributed by atoms with Crippen LogP contribution in [0.4, 0.5) is 5.69 Å². The predicted octanol–water partition coefficient (Wildman–Crippen LogP) is 2.34. The second kappa shape index (κ2) is 6.48. The lowest BCUT2D eigenvalue weighted by molar-refractivity contribution is -0.144. The lowest BCUT2D eigenvalue weighted by Crippen LogP contribution is -2.22. The number of aliphatic carboxylic acids is 1. The van der Waals surface area contributed by atoms with Gasteiger partial charge in [0, 0.05) is 6.07 Å². The van der Waals surface area contributed by atoms with E-state index in [1.807, 2.05) is 0 Å². The number of sulfonamides is 1. The molecule has 2 aromatic carbocycles. The number of anilines is 1. The monoisotopic (exact) mass is 321 g/mol. The highest BCUT2D eigenvalue weighted by Crippen LogP contribution is 2.21. The molecule has 2 rings (SSSR count). The Morgan fingerprint density at radius 2 is 1.82 bits per heavy atom. The number of nitrogens with one attached hydrogen (secondary N) is 1. The van der Waals surface area contributed by atoms with Crippen molar-refractivity contribution in [3.05, 3.63) is 54.6 Å². The van der Waals surface area contributed by atoms with Crippen LogP contribution in [-0.2, 0) is 14.8 Å². The number of carboxylic acid groups (broad SMARTS) is 1. The van der Waals surface area contributed by atoms with Crippen molar-refractivity contribution >= 4 is 21.7 Å². The van der Waals surface area contributed by atoms with Gasteiger partial charge in [-0.15, -0.1) is 0 Å². The summed E-state index contributed by atoms with van der Waals surface area (Å²) in [7, 11) is -3.70. The lowest BCUT2D eigenvalue weighted by atomic mass is 10.3. The molecule has 0 aliphatic rings. The van der Waals surface area contributed by atoms with Crippen LogP contribution in [0.15, 0.2) is 59.5 Å². The summed E-state index contributed by atoms with van der Waals surface area (Å²) in [5.41, 5.74) is 0.291. The minimum Gasteiger partial charge on any atom is -0.479 e. The van der Waals surface area contributed by atoms with E-state index in [4.69, 9.17) is 9.84 Å². The van der Waals surface area contributed by atoms with Crippen LogP contribution in [0, 0.1) is 0 Å². The molecular formula is C15H15NO5S. The molecule has 0 bridgehead atoms. The van der Waals surface area contributed by atoms with E-state index in [1.165, 1.54) is 25.1 Å². The summed E-state index contributed by atoms with van der Waals surface area (Å²) in [6.45, 7) is 1.39. The number of hydrogen-bond donors (Lipinski definition) is 2. The Hall–Kier alpha value is -2.54. The van der Waals surface area contributed by atoms with Crippen LogP contribution in [0.1, 0.15) is 6.92 Å². The van der Waals surface area contributed by atoms with Crippen LogP contribution in [0.25, 0.3) is 0 Å². The third kappa shape index (κ3) is 3.98. The Morgan fingerprint density at radius 1 is 1.14 bits per heavy atom. The van der Waals surface area contributed by atoms with E-state index in [2.05, 4.69) is 4.72 Å². The molecule has 0 fully saturated rings. The minimum absolute atomic E-state index is 0.139. The highest BCUT2D eigenvalue weighted by molar-refractivity contribution is 7.92. The molecule has 1 atom stereocenters. The Morgan fingerprint density at radius 3 is 2.45 bits per heavy atom. The van der Waals surface area contributed by atoms with Gasteiger partial charge in [0.2, 0.25) is 0 Å². The summed E-state index contributed by atoms with van der Waals surface area (Å²) >= 11 is 0. The van der Waals surface area contributed by atoms with E-state index in [9.17, 15) is 13.2 Å². The molecule has 0 saturated carbocycles. The molecule has 0 amide bonds. The highest BCUT2D eigenvalue weighted by Gasteiger charge is 2.15. The second-order valence-electron chi connectivity index (χ2n) is 4.54. The van der Waals surface area contributed by atoms with Gasteiger partial charge in [-0.1, -0.05) is 24.3 Å². The summed E-state index contributed by atoms with van der Waals surface area (Å²) in [4.78, 5) is 10.9. The molecule has 0 aliphatic heterocycles. The van der Waals surface area contributed by atoms with Gasteiger partial charge in [-0.25, -0.2) is 13.2 Å². The van der Waals surface area contributed by atoms with Gasteiger partial charge in [0.15, 0.2) is 6.10 Å². The third-order valence-electron chi connectivity index (χ3n) is 2.80. The van der Waals surface area contributed by atoms with Gasteiger partial charge in [0.1, 0.15) is 5.75 Å². The predicted molar refractivity (Wildman–Crippen MR) is 81.4 cm³/mol. The zero-order valence-electron chi connectivity index (χ0n) is 11.8. The molecule has 6 nitrogen and oxygen atoms in total. The van der Waals surface area contributed by atoms with E-state index >= 15 is 0 Å². The van der Waals surface area contributed by atoms with Crippen molar-refractivity contribution in [1.82, 2.24) is 0 Å². The molecule has 2 aromatic rings. The van der Waals surface area contributed by atoms with Gasteiger partial charge in [-0.3, -0.25) is 4.72 Å². The molecule has 1 unspecified atom stereocenters. The highest BCUT2D eigenvalue weighted by atomic mass is 32.2. The molecule has 0 aliphatic carbocycles. The number of hydrogen-bond acceptors (Lipinski definition) is 4. The maximum atomic E-state index is 12.2. The molecule has 116 valence electrons. The molecular weight excluding hydrogens is 306 g/mol. The Bertz CT molecular complexity index is 759. The van der Waals surface area contributed by atoms with Crippen molar-refractivity contribution in [3.8, 4) is 5.75 Å². The Labute approximate surface area is 128 Å². The molecule has 7 heteroatoms. The van der Waals surface area contributed by atoms with Crippen LogP contribution in [-0.4, -0.2) is 25.6 Å². The average Bonchev–Trinajstić information content (AvgIpc) is 2.48. The van der Waals surface area contributed by atoms with Crippen LogP contribution in [0.2, 0.25) is 0 Å². The molecule has 0 heterocycles. The Kier molecular flexibility index (Phi) is 4.67. The first-order valence-electron chi connectivity index (χ1n) is 6.46. The average molecular weight is 321 g/mol. The van der Waals surface area contributed by atoms with E-state index < -0.39 is 22.1 Å². The summed E-state index contributed by atoms with van der Waals surface area (Å²) in [5, 5.41) is 8.81. The smallest absolute Gasteiger partial charge is 0.344 e. The maximum absolute atomic E-state index is 12.2. The van der Waals surface area contributed by atoms with E-state index in [0.29, 0.717) is 5.69 Å². The lowest BCUT2D eigenvalue weighted by Gasteiger charge is -2.12. The fourth-order valence-electron chi connectivity index (χ4n) is 1.70. The van der Waals surface area contributed by atoms with E-state index in [1.54, 1.807) is 36.4 Å². The fraction of sp³-hybridized carbons (Fsp3) is 0.133. The first-order chi connectivity index (χ1) is 10.4. The first kappa shape index (κ1) is 15.8. The van der Waals surface area contributed by atoms with Gasteiger partial charge in [0.05, 0.1) is 10.6 Å². The molecule has 22 heavy (non-hydrogen) atoms. The summed E-state index contributed by atoms with van der Waals surface area (Å²) < 4.78 is 32.0. The van der Waals surface area contributed by atoms with Crippen LogP contribution >= 0.6 is 0 Å². The minimum atomic E-state index is -3.70. The SMILES string of the molecule is CC(Oc1cccc(NS(=O)(=O)c2ccccc2)c1)C(=O)O. The molecule has 0 saturated heterocycles. The quantitative estimate of drug-likeness (QED) is 0.852. The standard InChI is InChI=1S/C15H15NO5S/c1-11(15(17)18)21-13-7-5-6-12(10-13)16-22(19,20)14-8-3-2-4-9-14/h2-11,16H,1H3,(H,17,18). The molecule has 0 radical (unpaired) electrons. The van der Waals surface area contributed by atoms with Crippen molar-refractivity contribution in [3.63, 3.8) is 0 Å². The van der Waals surface area contributed by atoms with Crippen LogP contribution in [0.3, 0.4) is 0 Å². The zero-order valence-corrected chi connectivity index (χ0v) is 12.6. The van der Waals surface area contributed by atoms with Crippen molar-refractivity contribution in [2.24, 2.45) is 0 Å². The maximum Gasteiger partial charge on any atom is 0.344 e. The van der Waals surface area contributed by atoms with Crippen LogP contribution in [0.5, 0.6) is 5.75 Å². The molecule has 2 N–H and O–H groups in total.